The molecule has 2 rings (SSSR count). The van der Waals surface area contributed by atoms with Crippen LogP contribution in [0.1, 0.15) is 39.0 Å². The number of carbonyl (C=O) groups excluding carboxylic acids is 1. The van der Waals surface area contributed by atoms with E-state index in [0.717, 1.165) is 32.3 Å². The van der Waals surface area contributed by atoms with Crippen LogP contribution in [0.4, 0.5) is 0 Å². The monoisotopic (exact) mass is 227 g/mol. The first kappa shape index (κ1) is 11.9. The Morgan fingerprint density at radius 1 is 1.38 bits per heavy atom. The standard InChI is InChI=1S/C12H21NO3/c1-2-16-11-3-8(4-11)5-12(15)13-9-6-10(14)7-9/h8-11,14H,2-7H2,1H3,(H,13,15). The predicted molar refractivity (Wildman–Crippen MR) is 59.9 cm³/mol. The zero-order valence-corrected chi connectivity index (χ0v) is 9.82. The van der Waals surface area contributed by atoms with Crippen LogP contribution in [0.2, 0.25) is 0 Å². The van der Waals surface area contributed by atoms with Crippen LogP contribution >= 0.6 is 0 Å². The van der Waals surface area contributed by atoms with E-state index in [2.05, 4.69) is 5.32 Å². The lowest BCUT2D eigenvalue weighted by molar-refractivity contribution is -0.126. The zero-order valence-electron chi connectivity index (χ0n) is 9.82. The maximum absolute atomic E-state index is 11.6. The van der Waals surface area contributed by atoms with E-state index in [4.69, 9.17) is 9.84 Å². The second-order valence-electron chi connectivity index (χ2n) is 5.01. The van der Waals surface area contributed by atoms with Crippen molar-refractivity contribution < 1.29 is 14.6 Å². The smallest absolute Gasteiger partial charge is 0.220 e. The lowest BCUT2D eigenvalue weighted by Gasteiger charge is -2.36. The molecule has 2 saturated carbocycles. The average Bonchev–Trinajstić information content (AvgIpc) is 2.12. The first-order valence-electron chi connectivity index (χ1n) is 6.26. The number of nitrogens with one attached hydrogen (secondary N) is 1. The molecule has 2 aliphatic rings. The number of aliphatic hydroxyl groups excluding tert-OH is 1. The number of rotatable bonds is 5. The summed E-state index contributed by atoms with van der Waals surface area (Å²) in [5, 5.41) is 12.0. The van der Waals surface area contributed by atoms with Crippen LogP contribution in [0, 0.1) is 5.92 Å². The number of amides is 1. The van der Waals surface area contributed by atoms with E-state index in [1.165, 1.54) is 0 Å². The number of aliphatic hydroxyl groups is 1. The van der Waals surface area contributed by atoms with E-state index < -0.39 is 0 Å². The Hall–Kier alpha value is -0.610. The Morgan fingerprint density at radius 2 is 2.06 bits per heavy atom. The Labute approximate surface area is 96.4 Å². The minimum absolute atomic E-state index is 0.136. The molecule has 92 valence electrons. The number of hydrogen-bond acceptors (Lipinski definition) is 3. The molecule has 0 bridgehead atoms. The van der Waals surface area contributed by atoms with Crippen LogP contribution < -0.4 is 5.32 Å². The van der Waals surface area contributed by atoms with Gasteiger partial charge in [-0.2, -0.15) is 0 Å². The average molecular weight is 227 g/mol. The lowest BCUT2D eigenvalue weighted by atomic mass is 9.79. The van der Waals surface area contributed by atoms with Gasteiger partial charge in [0.25, 0.3) is 0 Å². The highest BCUT2D eigenvalue weighted by Crippen LogP contribution is 2.32. The van der Waals surface area contributed by atoms with Crippen LogP contribution in [-0.4, -0.2) is 35.9 Å². The molecule has 0 heterocycles. The molecule has 0 aromatic rings. The molecule has 0 radical (unpaired) electrons. The van der Waals surface area contributed by atoms with Crippen molar-refractivity contribution in [3.8, 4) is 0 Å². The van der Waals surface area contributed by atoms with E-state index in [1.807, 2.05) is 6.92 Å². The Morgan fingerprint density at radius 3 is 2.62 bits per heavy atom. The molecule has 2 N–H and O–H groups in total. The molecule has 2 fully saturated rings. The summed E-state index contributed by atoms with van der Waals surface area (Å²) in [6.45, 7) is 2.77. The van der Waals surface area contributed by atoms with Crippen molar-refractivity contribution in [2.75, 3.05) is 6.61 Å². The molecule has 0 atom stereocenters. The van der Waals surface area contributed by atoms with Gasteiger partial charge in [-0.1, -0.05) is 0 Å². The number of carbonyl (C=O) groups is 1. The van der Waals surface area contributed by atoms with Crippen molar-refractivity contribution in [2.24, 2.45) is 5.92 Å². The van der Waals surface area contributed by atoms with E-state index in [0.29, 0.717) is 18.4 Å². The quantitative estimate of drug-likeness (QED) is 0.731. The van der Waals surface area contributed by atoms with Crippen LogP contribution in [0.15, 0.2) is 0 Å². The number of ether oxygens (including phenoxy) is 1. The summed E-state index contributed by atoms with van der Waals surface area (Å²) in [5.41, 5.74) is 0. The first-order valence-corrected chi connectivity index (χ1v) is 6.26. The molecular formula is C12H21NO3. The molecule has 0 aromatic carbocycles. The maximum atomic E-state index is 11.6. The van der Waals surface area contributed by atoms with Gasteiger partial charge < -0.3 is 15.2 Å². The van der Waals surface area contributed by atoms with Gasteiger partial charge in [-0.25, -0.2) is 0 Å². The van der Waals surface area contributed by atoms with E-state index in [-0.39, 0.29) is 18.1 Å². The molecule has 2 aliphatic carbocycles. The molecule has 0 saturated heterocycles. The highest BCUT2D eigenvalue weighted by Gasteiger charge is 2.33. The van der Waals surface area contributed by atoms with Gasteiger partial charge in [-0.3, -0.25) is 4.79 Å². The first-order chi connectivity index (χ1) is 7.67. The molecule has 4 nitrogen and oxygen atoms in total. The van der Waals surface area contributed by atoms with E-state index >= 15 is 0 Å². The van der Waals surface area contributed by atoms with Gasteiger partial charge in [0.15, 0.2) is 0 Å². The minimum atomic E-state index is -0.198. The summed E-state index contributed by atoms with van der Waals surface area (Å²) >= 11 is 0. The van der Waals surface area contributed by atoms with Gasteiger partial charge in [-0.05, 0) is 38.5 Å². The van der Waals surface area contributed by atoms with Crippen molar-refractivity contribution in [3.63, 3.8) is 0 Å². The molecule has 0 aromatic heterocycles. The summed E-state index contributed by atoms with van der Waals surface area (Å²) in [4.78, 5) is 11.6. The van der Waals surface area contributed by atoms with E-state index in [9.17, 15) is 4.79 Å². The highest BCUT2D eigenvalue weighted by molar-refractivity contribution is 5.76. The maximum Gasteiger partial charge on any atom is 0.220 e. The zero-order chi connectivity index (χ0) is 11.5. The summed E-state index contributed by atoms with van der Waals surface area (Å²) < 4.78 is 5.45. The van der Waals surface area contributed by atoms with Crippen molar-refractivity contribution in [2.45, 2.75) is 57.3 Å². The summed E-state index contributed by atoms with van der Waals surface area (Å²) in [6.07, 6.45) is 4.29. The summed E-state index contributed by atoms with van der Waals surface area (Å²) in [5.74, 6) is 0.637. The van der Waals surface area contributed by atoms with Gasteiger partial charge in [0.1, 0.15) is 0 Å². The van der Waals surface area contributed by atoms with Gasteiger partial charge in [-0.15, -0.1) is 0 Å². The van der Waals surface area contributed by atoms with Gasteiger partial charge in [0, 0.05) is 19.1 Å². The van der Waals surface area contributed by atoms with Crippen molar-refractivity contribution in [3.05, 3.63) is 0 Å². The van der Waals surface area contributed by atoms with Crippen LogP contribution in [0.3, 0.4) is 0 Å². The molecule has 4 heteroatoms. The fourth-order valence-corrected chi connectivity index (χ4v) is 2.47. The third-order valence-corrected chi connectivity index (χ3v) is 3.55. The second-order valence-corrected chi connectivity index (χ2v) is 5.01. The topological polar surface area (TPSA) is 58.6 Å². The Bertz CT molecular complexity index is 245. The second kappa shape index (κ2) is 5.15. The van der Waals surface area contributed by atoms with Crippen molar-refractivity contribution in [1.29, 1.82) is 0 Å². The van der Waals surface area contributed by atoms with Crippen molar-refractivity contribution in [1.82, 2.24) is 5.32 Å². The highest BCUT2D eigenvalue weighted by atomic mass is 16.5. The largest absolute Gasteiger partial charge is 0.393 e. The molecule has 0 aliphatic heterocycles. The predicted octanol–water partition coefficient (Wildman–Crippen LogP) is 0.831. The summed E-state index contributed by atoms with van der Waals surface area (Å²) in [7, 11) is 0. The molecule has 1 amide bonds. The Kier molecular flexibility index (Phi) is 3.82. The Balaban J connectivity index is 1.55. The lowest BCUT2D eigenvalue weighted by Crippen LogP contribution is -2.47. The van der Waals surface area contributed by atoms with Crippen LogP contribution in [0.5, 0.6) is 0 Å². The fraction of sp³-hybridized carbons (Fsp3) is 0.917. The molecule has 0 spiro atoms. The van der Waals surface area contributed by atoms with Crippen LogP contribution in [-0.2, 0) is 9.53 Å². The third-order valence-electron chi connectivity index (χ3n) is 3.55. The fourth-order valence-electron chi connectivity index (χ4n) is 2.47. The van der Waals surface area contributed by atoms with Gasteiger partial charge in [0.2, 0.25) is 5.91 Å². The van der Waals surface area contributed by atoms with Gasteiger partial charge in [0.05, 0.1) is 12.2 Å². The molecular weight excluding hydrogens is 206 g/mol. The third kappa shape index (κ3) is 2.95. The summed E-state index contributed by atoms with van der Waals surface area (Å²) in [6, 6.07) is 0.213. The normalized spacial score (nSPS) is 37.4. The molecule has 0 unspecified atom stereocenters. The SMILES string of the molecule is CCOC1CC(CC(=O)NC2CC(O)C2)C1. The molecule has 16 heavy (non-hydrogen) atoms. The minimum Gasteiger partial charge on any atom is -0.393 e. The van der Waals surface area contributed by atoms with E-state index in [1.54, 1.807) is 0 Å². The van der Waals surface area contributed by atoms with Crippen molar-refractivity contribution >= 4 is 5.91 Å². The number of hydrogen-bond donors (Lipinski definition) is 2. The van der Waals surface area contributed by atoms with Crippen LogP contribution in [0.25, 0.3) is 0 Å². The van der Waals surface area contributed by atoms with Gasteiger partial charge >= 0.3 is 0 Å².